The van der Waals surface area contributed by atoms with Gasteiger partial charge in [-0.2, -0.15) is 0 Å². The highest BCUT2D eigenvalue weighted by Gasteiger charge is 2.09. The van der Waals surface area contributed by atoms with Gasteiger partial charge >= 0.3 is 5.97 Å². The van der Waals surface area contributed by atoms with Gasteiger partial charge in [0.15, 0.2) is 0 Å². The van der Waals surface area contributed by atoms with Gasteiger partial charge in [-0.05, 0) is 43.2 Å². The SMILES string of the molecule is Cc1ccc(C(C)NCc2cccc(C(=O)O)n2)cc1F. The van der Waals surface area contributed by atoms with Gasteiger partial charge in [0.2, 0.25) is 0 Å². The number of pyridine rings is 1. The molecule has 2 rings (SSSR count). The summed E-state index contributed by atoms with van der Waals surface area (Å²) in [4.78, 5) is 14.9. The average molecular weight is 288 g/mol. The number of nitrogens with zero attached hydrogens (tertiary/aromatic N) is 1. The summed E-state index contributed by atoms with van der Waals surface area (Å²) in [5, 5.41) is 12.1. The Balaban J connectivity index is 2.03. The first-order valence-corrected chi connectivity index (χ1v) is 6.66. The average Bonchev–Trinajstić information content (AvgIpc) is 2.48. The summed E-state index contributed by atoms with van der Waals surface area (Å²) in [6.45, 7) is 4.06. The van der Waals surface area contributed by atoms with Gasteiger partial charge in [0.1, 0.15) is 11.5 Å². The Morgan fingerprint density at radius 3 is 2.81 bits per heavy atom. The van der Waals surface area contributed by atoms with E-state index < -0.39 is 5.97 Å². The summed E-state index contributed by atoms with van der Waals surface area (Å²) in [6.07, 6.45) is 0. The number of carboxylic acids is 1. The summed E-state index contributed by atoms with van der Waals surface area (Å²) >= 11 is 0. The second kappa shape index (κ2) is 6.45. The molecule has 110 valence electrons. The number of hydrogen-bond donors (Lipinski definition) is 2. The van der Waals surface area contributed by atoms with E-state index in [0.29, 0.717) is 17.8 Å². The summed E-state index contributed by atoms with van der Waals surface area (Å²) in [6, 6.07) is 9.92. The molecule has 0 bridgehead atoms. The number of carboxylic acid groups (broad SMARTS) is 1. The molecule has 1 heterocycles. The van der Waals surface area contributed by atoms with Crippen LogP contribution in [0.5, 0.6) is 0 Å². The standard InChI is InChI=1S/C16H17FN2O2/c1-10-6-7-12(8-14(10)17)11(2)18-9-13-4-3-5-15(19-13)16(20)21/h3-8,11,18H,9H2,1-2H3,(H,20,21). The molecule has 2 N–H and O–H groups in total. The first kappa shape index (κ1) is 15.1. The van der Waals surface area contributed by atoms with E-state index in [1.807, 2.05) is 13.0 Å². The lowest BCUT2D eigenvalue weighted by atomic mass is 10.1. The van der Waals surface area contributed by atoms with Crippen LogP contribution < -0.4 is 5.32 Å². The van der Waals surface area contributed by atoms with Gasteiger partial charge in [0.25, 0.3) is 0 Å². The Labute approximate surface area is 122 Å². The molecule has 0 spiro atoms. The van der Waals surface area contributed by atoms with Crippen LogP contribution in [0.15, 0.2) is 36.4 Å². The number of halogens is 1. The van der Waals surface area contributed by atoms with Gasteiger partial charge in [-0.3, -0.25) is 0 Å². The van der Waals surface area contributed by atoms with Crippen molar-refractivity contribution in [1.29, 1.82) is 0 Å². The predicted molar refractivity (Wildman–Crippen MR) is 77.6 cm³/mol. The number of benzene rings is 1. The van der Waals surface area contributed by atoms with Gasteiger partial charge in [0.05, 0.1) is 5.69 Å². The van der Waals surface area contributed by atoms with Crippen LogP contribution >= 0.6 is 0 Å². The molecular weight excluding hydrogens is 271 g/mol. The smallest absolute Gasteiger partial charge is 0.354 e. The molecule has 0 saturated carbocycles. The van der Waals surface area contributed by atoms with Gasteiger partial charge in [-0.1, -0.05) is 18.2 Å². The summed E-state index contributed by atoms with van der Waals surface area (Å²) in [5.41, 5.74) is 2.10. The van der Waals surface area contributed by atoms with E-state index in [0.717, 1.165) is 5.56 Å². The maximum atomic E-state index is 13.5. The van der Waals surface area contributed by atoms with Crippen molar-refractivity contribution in [3.63, 3.8) is 0 Å². The highest BCUT2D eigenvalue weighted by atomic mass is 19.1. The minimum Gasteiger partial charge on any atom is -0.477 e. The fourth-order valence-corrected chi connectivity index (χ4v) is 1.95. The zero-order valence-electron chi connectivity index (χ0n) is 11.9. The van der Waals surface area contributed by atoms with Crippen LogP contribution in [0.3, 0.4) is 0 Å². The Kier molecular flexibility index (Phi) is 4.65. The third-order valence-electron chi connectivity index (χ3n) is 3.31. The molecule has 1 aromatic heterocycles. The van der Waals surface area contributed by atoms with Gasteiger partial charge in [-0.15, -0.1) is 0 Å². The second-order valence-electron chi connectivity index (χ2n) is 4.93. The van der Waals surface area contributed by atoms with Crippen molar-refractivity contribution in [2.75, 3.05) is 0 Å². The van der Waals surface area contributed by atoms with Crippen molar-refractivity contribution in [2.24, 2.45) is 0 Å². The molecule has 1 aromatic carbocycles. The zero-order valence-corrected chi connectivity index (χ0v) is 11.9. The quantitative estimate of drug-likeness (QED) is 0.887. The summed E-state index contributed by atoms with van der Waals surface area (Å²) in [7, 11) is 0. The molecule has 0 radical (unpaired) electrons. The highest BCUT2D eigenvalue weighted by Crippen LogP contribution is 2.16. The molecule has 0 saturated heterocycles. The zero-order chi connectivity index (χ0) is 15.4. The van der Waals surface area contributed by atoms with E-state index >= 15 is 0 Å². The monoisotopic (exact) mass is 288 g/mol. The molecule has 21 heavy (non-hydrogen) atoms. The van der Waals surface area contributed by atoms with Gasteiger partial charge in [-0.25, -0.2) is 14.2 Å². The minimum atomic E-state index is -1.05. The molecule has 0 amide bonds. The normalized spacial score (nSPS) is 12.1. The van der Waals surface area contributed by atoms with Crippen LogP contribution in [0.1, 0.15) is 40.3 Å². The number of aromatic nitrogens is 1. The molecule has 1 atom stereocenters. The first-order valence-electron chi connectivity index (χ1n) is 6.66. The van der Waals surface area contributed by atoms with Crippen LogP contribution in [0.2, 0.25) is 0 Å². The van der Waals surface area contributed by atoms with Crippen LogP contribution in [-0.2, 0) is 6.54 Å². The van der Waals surface area contributed by atoms with Crippen molar-refractivity contribution in [1.82, 2.24) is 10.3 Å². The second-order valence-corrected chi connectivity index (χ2v) is 4.93. The third kappa shape index (κ3) is 3.86. The van der Waals surface area contributed by atoms with Crippen molar-refractivity contribution >= 4 is 5.97 Å². The van der Waals surface area contributed by atoms with Crippen molar-refractivity contribution in [2.45, 2.75) is 26.4 Å². The Morgan fingerprint density at radius 2 is 2.14 bits per heavy atom. The van der Waals surface area contributed by atoms with E-state index in [1.54, 1.807) is 25.1 Å². The van der Waals surface area contributed by atoms with Crippen LogP contribution in [0.4, 0.5) is 4.39 Å². The molecule has 4 nitrogen and oxygen atoms in total. The van der Waals surface area contributed by atoms with E-state index in [1.165, 1.54) is 12.1 Å². The third-order valence-corrected chi connectivity index (χ3v) is 3.31. The number of hydrogen-bond acceptors (Lipinski definition) is 3. The Bertz CT molecular complexity index is 658. The number of rotatable bonds is 5. The summed E-state index contributed by atoms with van der Waals surface area (Å²) < 4.78 is 13.5. The van der Waals surface area contributed by atoms with E-state index in [4.69, 9.17) is 5.11 Å². The number of aryl methyl sites for hydroxylation is 1. The maximum absolute atomic E-state index is 13.5. The lowest BCUT2D eigenvalue weighted by Crippen LogP contribution is -2.19. The minimum absolute atomic E-state index is 0.0170. The largest absolute Gasteiger partial charge is 0.477 e. The lowest BCUT2D eigenvalue weighted by molar-refractivity contribution is 0.0690. The first-order chi connectivity index (χ1) is 9.97. The number of aromatic carboxylic acids is 1. The molecule has 2 aromatic rings. The van der Waals surface area contributed by atoms with E-state index in [9.17, 15) is 9.18 Å². The Hall–Kier alpha value is -2.27. The molecule has 0 aliphatic heterocycles. The molecule has 5 heteroatoms. The Morgan fingerprint density at radius 1 is 1.38 bits per heavy atom. The fourth-order valence-electron chi connectivity index (χ4n) is 1.95. The topological polar surface area (TPSA) is 62.2 Å². The molecule has 0 fully saturated rings. The van der Waals surface area contributed by atoms with Crippen molar-refractivity contribution in [3.05, 3.63) is 64.7 Å². The van der Waals surface area contributed by atoms with Crippen LogP contribution in [0, 0.1) is 12.7 Å². The fraction of sp³-hybridized carbons (Fsp3) is 0.250. The predicted octanol–water partition coefficient (Wildman–Crippen LogP) is 3.08. The number of carbonyl (C=O) groups is 1. The number of nitrogens with one attached hydrogen (secondary N) is 1. The van der Waals surface area contributed by atoms with Gasteiger partial charge < -0.3 is 10.4 Å². The molecular formula is C16H17FN2O2. The van der Waals surface area contributed by atoms with Crippen molar-refractivity contribution in [3.8, 4) is 0 Å². The maximum Gasteiger partial charge on any atom is 0.354 e. The van der Waals surface area contributed by atoms with Crippen LogP contribution in [-0.4, -0.2) is 16.1 Å². The van der Waals surface area contributed by atoms with E-state index in [-0.39, 0.29) is 17.6 Å². The van der Waals surface area contributed by atoms with Gasteiger partial charge in [0, 0.05) is 12.6 Å². The van der Waals surface area contributed by atoms with Crippen molar-refractivity contribution < 1.29 is 14.3 Å². The summed E-state index contributed by atoms with van der Waals surface area (Å²) in [5.74, 6) is -1.28. The highest BCUT2D eigenvalue weighted by molar-refractivity contribution is 5.85. The van der Waals surface area contributed by atoms with E-state index in [2.05, 4.69) is 10.3 Å². The molecule has 0 aliphatic rings. The lowest BCUT2D eigenvalue weighted by Gasteiger charge is -2.14. The molecule has 0 aliphatic carbocycles. The van der Waals surface area contributed by atoms with Crippen LogP contribution in [0.25, 0.3) is 0 Å². The molecule has 1 unspecified atom stereocenters.